The first kappa shape index (κ1) is 23.2. The highest BCUT2D eigenvalue weighted by molar-refractivity contribution is 5.56. The zero-order valence-electron chi connectivity index (χ0n) is 12.5. The van der Waals surface area contributed by atoms with E-state index in [2.05, 4.69) is 4.74 Å². The molecule has 0 amide bonds. The number of carbonyl (C=O) groups is 1. The van der Waals surface area contributed by atoms with Gasteiger partial charge in [-0.25, -0.2) is 0 Å². The topological polar surface area (TPSA) is 229 Å². The number of aldehydes is 1. The number of aliphatic hydroxyl groups is 10. The fraction of sp³-hybridized carbons (Fsp3) is 0.917. The maximum absolute atomic E-state index is 10.4. The van der Waals surface area contributed by atoms with E-state index in [1.165, 1.54) is 0 Å². The minimum atomic E-state index is -2.37. The minimum absolute atomic E-state index is 0.107. The highest BCUT2D eigenvalue weighted by Gasteiger charge is 2.39. The molecule has 12 nitrogen and oxygen atoms in total. The molecule has 0 aliphatic heterocycles. The van der Waals surface area contributed by atoms with Gasteiger partial charge in [0.2, 0.25) is 0 Å². The van der Waals surface area contributed by atoms with Crippen LogP contribution in [0.25, 0.3) is 0 Å². The Bertz CT molecular complexity index is 355. The molecule has 0 radical (unpaired) electrons. The predicted molar refractivity (Wildman–Crippen MR) is 73.2 cm³/mol. The summed E-state index contributed by atoms with van der Waals surface area (Å²) < 4.78 is 4.65. The van der Waals surface area contributed by atoms with Crippen LogP contribution in [-0.4, -0.2) is 126 Å². The molecule has 9 unspecified atom stereocenters. The molecule has 24 heavy (non-hydrogen) atoms. The molecule has 0 aromatic heterocycles. The fourth-order valence-electron chi connectivity index (χ4n) is 1.73. The molecule has 0 saturated carbocycles. The number of hydrogen-bond acceptors (Lipinski definition) is 12. The molecule has 0 aromatic carbocycles. The minimum Gasteiger partial charge on any atom is -0.394 e. The van der Waals surface area contributed by atoms with Crippen molar-refractivity contribution < 1.29 is 60.6 Å². The number of rotatable bonds is 12. The Morgan fingerprint density at radius 1 is 0.708 bits per heavy atom. The van der Waals surface area contributed by atoms with Gasteiger partial charge in [-0.2, -0.15) is 0 Å². The molecule has 0 aliphatic carbocycles. The van der Waals surface area contributed by atoms with Crippen LogP contribution in [0, 0.1) is 0 Å². The average Bonchev–Trinajstić information content (AvgIpc) is 2.60. The van der Waals surface area contributed by atoms with Crippen molar-refractivity contribution in [2.75, 3.05) is 13.2 Å². The van der Waals surface area contributed by atoms with Crippen molar-refractivity contribution in [2.45, 2.75) is 55.1 Å². The summed E-state index contributed by atoms with van der Waals surface area (Å²) in [7, 11) is 0. The second kappa shape index (κ2) is 11.0. The van der Waals surface area contributed by atoms with E-state index in [9.17, 15) is 40.5 Å². The number of carbonyl (C=O) groups excluding carboxylic acids is 1. The number of ether oxygens (including phenoxy) is 1. The summed E-state index contributed by atoms with van der Waals surface area (Å²) in [6.07, 6.45) is -18.9. The van der Waals surface area contributed by atoms with Crippen LogP contribution in [-0.2, 0) is 9.53 Å². The van der Waals surface area contributed by atoms with Crippen molar-refractivity contribution in [3.05, 3.63) is 0 Å². The van der Waals surface area contributed by atoms with Gasteiger partial charge in [-0.1, -0.05) is 0 Å². The molecular formula is C12H24O12. The standard InChI is InChI=1S/C12H24O12/c13-1-4(16)7(19)9(21)10(22)12(23)24-11(6(18)3-15)8(20)5(17)2-14/h2,4-13,15-23H,1,3H2. The van der Waals surface area contributed by atoms with Crippen molar-refractivity contribution in [3.63, 3.8) is 0 Å². The first-order valence-corrected chi connectivity index (χ1v) is 6.89. The van der Waals surface area contributed by atoms with E-state index in [0.29, 0.717) is 0 Å². The van der Waals surface area contributed by atoms with Crippen molar-refractivity contribution in [1.82, 2.24) is 0 Å². The molecule has 12 heteroatoms. The van der Waals surface area contributed by atoms with Gasteiger partial charge in [0.1, 0.15) is 48.8 Å². The monoisotopic (exact) mass is 360 g/mol. The lowest BCUT2D eigenvalue weighted by Gasteiger charge is -2.33. The van der Waals surface area contributed by atoms with E-state index in [0.717, 1.165) is 0 Å². The van der Waals surface area contributed by atoms with E-state index in [1.807, 2.05) is 0 Å². The second-order valence-corrected chi connectivity index (χ2v) is 5.08. The fourth-order valence-corrected chi connectivity index (χ4v) is 1.73. The summed E-state index contributed by atoms with van der Waals surface area (Å²) in [5.41, 5.74) is 0. The molecule has 0 saturated heterocycles. The first-order chi connectivity index (χ1) is 11.1. The van der Waals surface area contributed by atoms with Crippen LogP contribution in [0.1, 0.15) is 0 Å². The van der Waals surface area contributed by atoms with E-state index in [-0.39, 0.29) is 6.29 Å². The maximum atomic E-state index is 10.4. The van der Waals surface area contributed by atoms with Gasteiger partial charge in [-0.15, -0.1) is 0 Å². The van der Waals surface area contributed by atoms with Crippen LogP contribution in [0.15, 0.2) is 0 Å². The lowest BCUT2D eigenvalue weighted by atomic mass is 10.0. The van der Waals surface area contributed by atoms with Gasteiger partial charge >= 0.3 is 0 Å². The Hall–Kier alpha value is -0.770. The largest absolute Gasteiger partial charge is 0.394 e. The Morgan fingerprint density at radius 2 is 1.21 bits per heavy atom. The lowest BCUT2D eigenvalue weighted by molar-refractivity contribution is -0.259. The van der Waals surface area contributed by atoms with E-state index in [1.54, 1.807) is 0 Å². The molecule has 0 aromatic rings. The summed E-state index contributed by atoms with van der Waals surface area (Å²) in [6.45, 7) is -1.97. The Morgan fingerprint density at radius 3 is 1.62 bits per heavy atom. The van der Waals surface area contributed by atoms with Crippen molar-refractivity contribution >= 4 is 6.29 Å². The number of hydrogen-bond donors (Lipinski definition) is 10. The highest BCUT2D eigenvalue weighted by Crippen LogP contribution is 2.15. The summed E-state index contributed by atoms with van der Waals surface area (Å²) in [6, 6.07) is 0. The van der Waals surface area contributed by atoms with Crippen LogP contribution in [0.5, 0.6) is 0 Å². The second-order valence-electron chi connectivity index (χ2n) is 5.08. The van der Waals surface area contributed by atoms with Gasteiger partial charge in [-0.05, 0) is 0 Å². The highest BCUT2D eigenvalue weighted by atomic mass is 16.6. The number of aliphatic hydroxyl groups excluding tert-OH is 10. The molecule has 10 N–H and O–H groups in total. The van der Waals surface area contributed by atoms with Gasteiger partial charge in [0.25, 0.3) is 0 Å². The van der Waals surface area contributed by atoms with Crippen LogP contribution in [0.2, 0.25) is 0 Å². The van der Waals surface area contributed by atoms with Crippen LogP contribution in [0.3, 0.4) is 0 Å². The van der Waals surface area contributed by atoms with Gasteiger partial charge in [0, 0.05) is 0 Å². The third-order valence-electron chi connectivity index (χ3n) is 3.26. The zero-order chi connectivity index (χ0) is 19.0. The van der Waals surface area contributed by atoms with Crippen molar-refractivity contribution in [1.29, 1.82) is 0 Å². The maximum Gasteiger partial charge on any atom is 0.184 e. The summed E-state index contributed by atoms with van der Waals surface area (Å²) >= 11 is 0. The van der Waals surface area contributed by atoms with Crippen LogP contribution < -0.4 is 0 Å². The van der Waals surface area contributed by atoms with Gasteiger partial charge < -0.3 is 60.6 Å². The summed E-state index contributed by atoms with van der Waals surface area (Å²) in [5, 5.41) is 93.3. The average molecular weight is 360 g/mol. The molecular weight excluding hydrogens is 336 g/mol. The van der Waals surface area contributed by atoms with Crippen LogP contribution in [0.4, 0.5) is 0 Å². The van der Waals surface area contributed by atoms with Crippen molar-refractivity contribution in [2.24, 2.45) is 0 Å². The first-order valence-electron chi connectivity index (χ1n) is 6.89. The van der Waals surface area contributed by atoms with Gasteiger partial charge in [0.05, 0.1) is 13.2 Å². The lowest BCUT2D eigenvalue weighted by Crippen LogP contribution is -2.55. The predicted octanol–water partition coefficient (Wildman–Crippen LogP) is -6.60. The van der Waals surface area contributed by atoms with Gasteiger partial charge in [0.15, 0.2) is 12.6 Å². The SMILES string of the molecule is O=CC(O)C(O)C(OC(O)C(O)C(O)C(O)C(O)CO)C(O)CO. The molecule has 9 atom stereocenters. The molecule has 0 bridgehead atoms. The Kier molecular flexibility index (Phi) is 10.6. The van der Waals surface area contributed by atoms with E-state index in [4.69, 9.17) is 15.3 Å². The third-order valence-corrected chi connectivity index (χ3v) is 3.26. The quantitative estimate of drug-likeness (QED) is 0.116. The molecule has 0 spiro atoms. The van der Waals surface area contributed by atoms with Gasteiger partial charge in [-0.3, -0.25) is 0 Å². The zero-order valence-corrected chi connectivity index (χ0v) is 12.5. The molecule has 0 fully saturated rings. The Labute approximate surface area is 136 Å². The summed E-state index contributed by atoms with van der Waals surface area (Å²) in [4.78, 5) is 10.4. The summed E-state index contributed by atoms with van der Waals surface area (Å²) in [5.74, 6) is 0. The molecule has 144 valence electrons. The normalized spacial score (nSPS) is 23.4. The molecule has 0 rings (SSSR count). The molecule has 0 aliphatic rings. The van der Waals surface area contributed by atoms with Crippen LogP contribution >= 0.6 is 0 Å². The van der Waals surface area contributed by atoms with E-state index >= 15 is 0 Å². The molecule has 0 heterocycles. The smallest absolute Gasteiger partial charge is 0.184 e. The van der Waals surface area contributed by atoms with Crippen molar-refractivity contribution in [3.8, 4) is 0 Å². The Balaban J connectivity index is 5.03. The third kappa shape index (κ3) is 6.27. The van der Waals surface area contributed by atoms with E-state index < -0.39 is 68.3 Å².